The van der Waals surface area contributed by atoms with Gasteiger partial charge in [0, 0.05) is 12.6 Å². The number of aliphatic hydroxyl groups is 1. The van der Waals surface area contributed by atoms with E-state index < -0.39 is 28.6 Å². The Bertz CT molecular complexity index is 596. The molecule has 0 unspecified atom stereocenters. The summed E-state index contributed by atoms with van der Waals surface area (Å²) in [6, 6.07) is 3.30. The van der Waals surface area contributed by atoms with Crippen molar-refractivity contribution in [3.05, 3.63) is 29.8 Å². The van der Waals surface area contributed by atoms with Crippen molar-refractivity contribution in [3.8, 4) is 0 Å². The first-order valence-electron chi connectivity index (χ1n) is 5.50. The lowest BCUT2D eigenvalue weighted by molar-refractivity contribution is -0.139. The van der Waals surface area contributed by atoms with Crippen molar-refractivity contribution in [2.45, 2.75) is 10.9 Å². The molecule has 0 aliphatic heterocycles. The predicted octanol–water partition coefficient (Wildman–Crippen LogP) is -1.23. The number of amides is 1. The zero-order valence-corrected chi connectivity index (χ0v) is 11.3. The van der Waals surface area contributed by atoms with Gasteiger partial charge in [0.25, 0.3) is 5.91 Å². The average molecular weight is 302 g/mol. The largest absolute Gasteiger partial charge is 0.480 e. The summed E-state index contributed by atoms with van der Waals surface area (Å²) in [5.74, 6) is -1.86. The lowest BCUT2D eigenvalue weighted by atomic mass is 10.2. The molecule has 1 rings (SSSR count). The molecule has 0 aliphatic carbocycles. The summed E-state index contributed by atoms with van der Waals surface area (Å²) < 4.78 is 25.6. The van der Waals surface area contributed by atoms with Gasteiger partial charge in [0.1, 0.15) is 6.04 Å². The van der Waals surface area contributed by atoms with E-state index in [9.17, 15) is 18.0 Å². The van der Waals surface area contributed by atoms with Crippen LogP contribution in [0, 0.1) is 0 Å². The van der Waals surface area contributed by atoms with Crippen LogP contribution in [-0.2, 0) is 14.8 Å². The van der Waals surface area contributed by atoms with Crippen LogP contribution in [0.1, 0.15) is 10.4 Å². The molecule has 0 aromatic heterocycles. The van der Waals surface area contributed by atoms with Gasteiger partial charge in [-0.2, -0.15) is 4.72 Å². The third-order valence-electron chi connectivity index (χ3n) is 2.43. The standard InChI is InChI=1S/C11H14N2O6S/c1-12-10(15)7-2-4-8(5-3-7)20(18,19)13-9(6-14)11(16)17/h2-5,9,13-14H,6H2,1H3,(H,12,15)(H,16,17)/t9-/m0/s1. The van der Waals surface area contributed by atoms with Gasteiger partial charge in [0.15, 0.2) is 0 Å². The first-order chi connectivity index (χ1) is 9.31. The van der Waals surface area contributed by atoms with E-state index in [1.54, 1.807) is 0 Å². The third kappa shape index (κ3) is 3.76. The van der Waals surface area contributed by atoms with Crippen LogP contribution in [0.5, 0.6) is 0 Å². The number of carbonyl (C=O) groups excluding carboxylic acids is 1. The van der Waals surface area contributed by atoms with E-state index in [0.29, 0.717) is 0 Å². The van der Waals surface area contributed by atoms with Gasteiger partial charge in [-0.25, -0.2) is 8.42 Å². The molecule has 0 saturated heterocycles. The molecular formula is C11H14N2O6S. The fourth-order valence-electron chi connectivity index (χ4n) is 1.35. The second kappa shape index (κ2) is 6.46. The third-order valence-corrected chi connectivity index (χ3v) is 3.92. The topological polar surface area (TPSA) is 133 Å². The number of carboxylic acid groups (broad SMARTS) is 1. The van der Waals surface area contributed by atoms with Crippen molar-refractivity contribution in [2.75, 3.05) is 13.7 Å². The van der Waals surface area contributed by atoms with Crippen LogP contribution in [0.4, 0.5) is 0 Å². The Balaban J connectivity index is 2.98. The minimum absolute atomic E-state index is 0.204. The zero-order valence-electron chi connectivity index (χ0n) is 10.5. The van der Waals surface area contributed by atoms with Crippen molar-refractivity contribution in [2.24, 2.45) is 0 Å². The van der Waals surface area contributed by atoms with Crippen molar-refractivity contribution in [3.63, 3.8) is 0 Å². The Labute approximate surface area is 115 Å². The highest BCUT2D eigenvalue weighted by molar-refractivity contribution is 7.89. The van der Waals surface area contributed by atoms with Crippen LogP contribution < -0.4 is 10.0 Å². The Kier molecular flexibility index (Phi) is 5.19. The van der Waals surface area contributed by atoms with Crippen LogP contribution in [0.3, 0.4) is 0 Å². The second-order valence-corrected chi connectivity index (χ2v) is 5.51. The van der Waals surface area contributed by atoms with E-state index in [0.717, 1.165) is 0 Å². The van der Waals surface area contributed by atoms with Gasteiger partial charge in [0.2, 0.25) is 10.0 Å². The lowest BCUT2D eigenvalue weighted by Crippen LogP contribution is -2.43. The number of benzene rings is 1. The number of rotatable bonds is 6. The van der Waals surface area contributed by atoms with Crippen LogP contribution >= 0.6 is 0 Å². The SMILES string of the molecule is CNC(=O)c1ccc(S(=O)(=O)N[C@@H](CO)C(=O)O)cc1. The molecule has 4 N–H and O–H groups in total. The molecule has 0 aliphatic rings. The smallest absolute Gasteiger partial charge is 0.324 e. The number of aliphatic hydroxyl groups excluding tert-OH is 1. The van der Waals surface area contributed by atoms with Gasteiger partial charge < -0.3 is 15.5 Å². The lowest BCUT2D eigenvalue weighted by Gasteiger charge is -2.12. The second-order valence-electron chi connectivity index (χ2n) is 3.80. The number of aliphatic carboxylic acids is 1. The molecule has 1 aromatic carbocycles. The van der Waals surface area contributed by atoms with Crippen LogP contribution in [0.15, 0.2) is 29.2 Å². The molecule has 0 spiro atoms. The van der Waals surface area contributed by atoms with Gasteiger partial charge in [-0.1, -0.05) is 0 Å². The van der Waals surface area contributed by atoms with E-state index in [1.165, 1.54) is 31.3 Å². The Morgan fingerprint density at radius 1 is 1.25 bits per heavy atom. The van der Waals surface area contributed by atoms with Crippen molar-refractivity contribution >= 4 is 21.9 Å². The number of hydrogen-bond donors (Lipinski definition) is 4. The molecule has 0 saturated carbocycles. The maximum Gasteiger partial charge on any atom is 0.324 e. The normalized spacial score (nSPS) is 12.7. The Morgan fingerprint density at radius 2 is 1.80 bits per heavy atom. The summed E-state index contributed by atoms with van der Waals surface area (Å²) in [5, 5.41) is 19.9. The monoisotopic (exact) mass is 302 g/mol. The molecule has 0 fully saturated rings. The van der Waals surface area contributed by atoms with Crippen LogP contribution in [0.2, 0.25) is 0 Å². The van der Waals surface area contributed by atoms with E-state index >= 15 is 0 Å². The highest BCUT2D eigenvalue weighted by Gasteiger charge is 2.24. The number of hydrogen-bond acceptors (Lipinski definition) is 5. The van der Waals surface area contributed by atoms with E-state index in [2.05, 4.69) is 5.32 Å². The number of nitrogens with one attached hydrogen (secondary N) is 2. The first-order valence-corrected chi connectivity index (χ1v) is 6.98. The van der Waals surface area contributed by atoms with Crippen LogP contribution in [-0.4, -0.2) is 50.2 Å². The molecule has 1 amide bonds. The summed E-state index contributed by atoms with van der Waals surface area (Å²) in [5.41, 5.74) is 0.267. The first kappa shape index (κ1) is 16.1. The van der Waals surface area contributed by atoms with Crippen molar-refractivity contribution < 1.29 is 28.2 Å². The van der Waals surface area contributed by atoms with Crippen LogP contribution in [0.25, 0.3) is 0 Å². The highest BCUT2D eigenvalue weighted by atomic mass is 32.2. The maximum atomic E-state index is 11.9. The summed E-state index contributed by atoms with van der Waals surface area (Å²) >= 11 is 0. The summed E-state index contributed by atoms with van der Waals surface area (Å²) in [7, 11) is -2.65. The minimum Gasteiger partial charge on any atom is -0.480 e. The van der Waals surface area contributed by atoms with Gasteiger partial charge >= 0.3 is 5.97 Å². The van der Waals surface area contributed by atoms with E-state index in [-0.39, 0.29) is 16.4 Å². The number of sulfonamides is 1. The summed E-state index contributed by atoms with van der Waals surface area (Å²) in [6.45, 7) is -0.870. The fourth-order valence-corrected chi connectivity index (χ4v) is 2.53. The molecule has 110 valence electrons. The molecule has 0 bridgehead atoms. The molecule has 0 heterocycles. The molecule has 20 heavy (non-hydrogen) atoms. The van der Waals surface area contributed by atoms with Gasteiger partial charge in [-0.15, -0.1) is 0 Å². The Morgan fingerprint density at radius 3 is 2.20 bits per heavy atom. The van der Waals surface area contributed by atoms with Crippen molar-refractivity contribution in [1.29, 1.82) is 0 Å². The summed E-state index contributed by atoms with van der Waals surface area (Å²) in [4.78, 5) is 21.8. The number of carbonyl (C=O) groups is 2. The van der Waals surface area contributed by atoms with Crippen molar-refractivity contribution in [1.82, 2.24) is 10.0 Å². The molecular weight excluding hydrogens is 288 g/mol. The van der Waals surface area contributed by atoms with Gasteiger partial charge in [-0.05, 0) is 24.3 Å². The molecule has 8 nitrogen and oxygen atoms in total. The van der Waals surface area contributed by atoms with Gasteiger partial charge in [-0.3, -0.25) is 9.59 Å². The fraction of sp³-hybridized carbons (Fsp3) is 0.273. The molecule has 1 atom stereocenters. The van der Waals surface area contributed by atoms with Gasteiger partial charge in [0.05, 0.1) is 11.5 Å². The molecule has 9 heteroatoms. The highest BCUT2D eigenvalue weighted by Crippen LogP contribution is 2.11. The summed E-state index contributed by atoms with van der Waals surface area (Å²) in [6.07, 6.45) is 0. The quantitative estimate of drug-likeness (QED) is 0.520. The van der Waals surface area contributed by atoms with E-state index in [4.69, 9.17) is 10.2 Å². The minimum atomic E-state index is -4.09. The number of carboxylic acids is 1. The maximum absolute atomic E-state index is 11.9. The molecule has 0 radical (unpaired) electrons. The Hall–Kier alpha value is -1.97. The predicted molar refractivity (Wildman–Crippen MR) is 68.7 cm³/mol. The van der Waals surface area contributed by atoms with E-state index in [1.807, 2.05) is 4.72 Å². The molecule has 1 aromatic rings. The zero-order chi connectivity index (χ0) is 15.3. The average Bonchev–Trinajstić information content (AvgIpc) is 2.43.